The molecule has 2 aromatic rings. The van der Waals surface area contributed by atoms with Crippen molar-refractivity contribution >= 4 is 0 Å². The second-order valence-corrected chi connectivity index (χ2v) is 5.84. The first kappa shape index (κ1) is 16.3. The summed E-state index contributed by atoms with van der Waals surface area (Å²) >= 11 is 0. The Balaban J connectivity index is 1.99. The largest absolute Gasteiger partial charge is 0.508 e. The lowest BCUT2D eigenvalue weighted by atomic mass is 9.93. The van der Waals surface area contributed by atoms with Crippen LogP contribution in [0.2, 0.25) is 0 Å². The summed E-state index contributed by atoms with van der Waals surface area (Å²) in [5.74, 6) is -0.207. The third-order valence-electron chi connectivity index (χ3n) is 4.03. The Hall–Kier alpha value is -2.60. The van der Waals surface area contributed by atoms with Gasteiger partial charge in [-0.05, 0) is 24.1 Å². The van der Waals surface area contributed by atoms with Crippen LogP contribution in [0.3, 0.4) is 0 Å². The van der Waals surface area contributed by atoms with Gasteiger partial charge in [-0.2, -0.15) is 0 Å². The quantitative estimate of drug-likeness (QED) is 0.642. The van der Waals surface area contributed by atoms with Crippen molar-refractivity contribution in [3.63, 3.8) is 0 Å². The van der Waals surface area contributed by atoms with Crippen LogP contribution in [0.4, 0.5) is 0 Å². The average Bonchev–Trinajstić information content (AvgIpc) is 2.55. The molecule has 0 bridgehead atoms. The number of phenols is 4. The maximum Gasteiger partial charge on any atom is 0.157 e. The van der Waals surface area contributed by atoms with Crippen LogP contribution < -0.4 is 4.74 Å². The third-order valence-corrected chi connectivity index (χ3v) is 4.03. The first-order valence-corrected chi connectivity index (χ1v) is 7.84. The van der Waals surface area contributed by atoms with Gasteiger partial charge >= 0.3 is 0 Å². The molecule has 0 aliphatic carbocycles. The second kappa shape index (κ2) is 6.49. The lowest BCUT2D eigenvalue weighted by Gasteiger charge is -2.34. The normalized spacial score (nSPS) is 19.5. The maximum atomic E-state index is 10.0. The molecule has 0 aromatic heterocycles. The molecule has 0 amide bonds. The number of fused-ring (bicyclic) bond motifs is 1. The number of phenolic OH excluding ortho intramolecular Hbond substituents is 4. The van der Waals surface area contributed by atoms with E-state index in [-0.39, 0.29) is 29.1 Å². The topological polar surface area (TPSA) is 99.4 Å². The number of hydrogen-bond acceptors (Lipinski definition) is 6. The van der Waals surface area contributed by atoms with E-state index in [1.807, 2.05) is 6.92 Å². The van der Waals surface area contributed by atoms with E-state index < -0.39 is 6.10 Å². The highest BCUT2D eigenvalue weighted by atomic mass is 16.5. The van der Waals surface area contributed by atoms with Gasteiger partial charge in [0.2, 0.25) is 0 Å². The molecule has 1 unspecified atom stereocenters. The molecule has 0 spiro atoms. The zero-order valence-electron chi connectivity index (χ0n) is 13.3. The van der Waals surface area contributed by atoms with Crippen molar-refractivity contribution < 1.29 is 29.9 Å². The smallest absolute Gasteiger partial charge is 0.157 e. The van der Waals surface area contributed by atoms with Gasteiger partial charge < -0.3 is 29.9 Å². The molecule has 4 N–H and O–H groups in total. The van der Waals surface area contributed by atoms with Crippen LogP contribution in [-0.2, 0) is 11.2 Å². The molecular weight excluding hydrogens is 312 g/mol. The Labute approximate surface area is 139 Å². The first-order valence-electron chi connectivity index (χ1n) is 7.84. The fraction of sp³-hybridized carbons (Fsp3) is 0.333. The first-order chi connectivity index (χ1) is 11.5. The summed E-state index contributed by atoms with van der Waals surface area (Å²) in [4.78, 5) is 0. The van der Waals surface area contributed by atoms with Crippen LogP contribution in [0.15, 0.2) is 30.3 Å². The average molecular weight is 332 g/mol. The standard InChI is InChI=1S/C18H20O6/c1-2-5-23-17-9-12-14(21)7-11(19)8-16(12)24-18(17)10-3-4-13(20)15(22)6-10/h3-4,6-8,17-22H,2,5,9H2,1H3/t17?,18-/m1/s1. The fourth-order valence-electron chi connectivity index (χ4n) is 2.86. The highest BCUT2D eigenvalue weighted by Crippen LogP contribution is 2.43. The zero-order chi connectivity index (χ0) is 17.3. The van der Waals surface area contributed by atoms with Gasteiger partial charge in [0.05, 0.1) is 0 Å². The van der Waals surface area contributed by atoms with Gasteiger partial charge in [0.25, 0.3) is 0 Å². The van der Waals surface area contributed by atoms with Crippen LogP contribution >= 0.6 is 0 Å². The van der Waals surface area contributed by atoms with E-state index in [2.05, 4.69) is 0 Å². The van der Waals surface area contributed by atoms with Gasteiger partial charge in [0, 0.05) is 30.7 Å². The van der Waals surface area contributed by atoms with Crippen LogP contribution in [0.5, 0.6) is 28.7 Å². The molecule has 2 atom stereocenters. The van der Waals surface area contributed by atoms with Gasteiger partial charge in [-0.15, -0.1) is 0 Å². The van der Waals surface area contributed by atoms with Crippen molar-refractivity contribution in [3.05, 3.63) is 41.5 Å². The predicted octanol–water partition coefficient (Wildman–Crippen LogP) is 2.98. The van der Waals surface area contributed by atoms with E-state index in [1.165, 1.54) is 24.3 Å². The SMILES string of the molecule is CCCOC1Cc2c(O)cc(O)cc2O[C@@H]1c1ccc(O)c(O)c1. The summed E-state index contributed by atoms with van der Waals surface area (Å²) in [6, 6.07) is 7.18. The molecule has 1 aliphatic heterocycles. The van der Waals surface area contributed by atoms with E-state index in [0.29, 0.717) is 29.9 Å². The van der Waals surface area contributed by atoms with Crippen LogP contribution in [0.25, 0.3) is 0 Å². The molecule has 1 aliphatic rings. The number of hydrogen-bond donors (Lipinski definition) is 4. The highest BCUT2D eigenvalue weighted by molar-refractivity contribution is 5.52. The summed E-state index contributed by atoms with van der Waals surface area (Å²) in [6.07, 6.45) is 0.347. The van der Waals surface area contributed by atoms with Crippen molar-refractivity contribution in [3.8, 4) is 28.7 Å². The number of benzene rings is 2. The van der Waals surface area contributed by atoms with Crippen molar-refractivity contribution in [2.45, 2.75) is 32.0 Å². The van der Waals surface area contributed by atoms with E-state index in [9.17, 15) is 20.4 Å². The lowest BCUT2D eigenvalue weighted by Crippen LogP contribution is -2.33. The molecule has 1 heterocycles. The molecule has 6 heteroatoms. The Morgan fingerprint density at radius 3 is 2.54 bits per heavy atom. The van der Waals surface area contributed by atoms with Crippen LogP contribution in [-0.4, -0.2) is 33.1 Å². The van der Waals surface area contributed by atoms with Crippen LogP contribution in [0.1, 0.15) is 30.6 Å². The summed E-state index contributed by atoms with van der Waals surface area (Å²) in [5, 5.41) is 39.0. The molecule has 3 rings (SSSR count). The third kappa shape index (κ3) is 3.05. The summed E-state index contributed by atoms with van der Waals surface area (Å²) in [6.45, 7) is 2.53. The molecule has 24 heavy (non-hydrogen) atoms. The minimum absolute atomic E-state index is 0.0397. The van der Waals surface area contributed by atoms with Crippen molar-refractivity contribution in [2.24, 2.45) is 0 Å². The van der Waals surface area contributed by atoms with Crippen LogP contribution in [0, 0.1) is 0 Å². The summed E-state index contributed by atoms with van der Waals surface area (Å²) in [5.41, 5.74) is 1.22. The van der Waals surface area contributed by atoms with Crippen molar-refractivity contribution in [2.75, 3.05) is 6.61 Å². The molecule has 0 fully saturated rings. The molecular formula is C18H20O6. The van der Waals surface area contributed by atoms with Gasteiger partial charge in [-0.3, -0.25) is 0 Å². The van der Waals surface area contributed by atoms with E-state index in [0.717, 1.165) is 6.42 Å². The molecule has 0 radical (unpaired) electrons. The number of rotatable bonds is 4. The van der Waals surface area contributed by atoms with Gasteiger partial charge in [0.1, 0.15) is 23.4 Å². The minimum Gasteiger partial charge on any atom is -0.508 e. The zero-order valence-corrected chi connectivity index (χ0v) is 13.3. The summed E-state index contributed by atoms with van der Waals surface area (Å²) < 4.78 is 11.8. The van der Waals surface area contributed by atoms with Gasteiger partial charge in [-0.1, -0.05) is 13.0 Å². The van der Waals surface area contributed by atoms with Gasteiger partial charge in [0.15, 0.2) is 17.6 Å². The molecule has 128 valence electrons. The molecule has 0 saturated carbocycles. The molecule has 0 saturated heterocycles. The fourth-order valence-corrected chi connectivity index (χ4v) is 2.86. The van der Waals surface area contributed by atoms with E-state index in [4.69, 9.17) is 9.47 Å². The lowest BCUT2D eigenvalue weighted by molar-refractivity contribution is -0.0379. The summed E-state index contributed by atoms with van der Waals surface area (Å²) in [7, 11) is 0. The molecule has 2 aromatic carbocycles. The Morgan fingerprint density at radius 2 is 1.83 bits per heavy atom. The highest BCUT2D eigenvalue weighted by Gasteiger charge is 2.34. The second-order valence-electron chi connectivity index (χ2n) is 5.84. The Kier molecular flexibility index (Phi) is 4.40. The van der Waals surface area contributed by atoms with Crippen molar-refractivity contribution in [1.29, 1.82) is 0 Å². The Bertz CT molecular complexity index is 743. The minimum atomic E-state index is -0.531. The Morgan fingerprint density at radius 1 is 1.04 bits per heavy atom. The van der Waals surface area contributed by atoms with Crippen molar-refractivity contribution in [1.82, 2.24) is 0 Å². The van der Waals surface area contributed by atoms with Gasteiger partial charge in [-0.25, -0.2) is 0 Å². The predicted molar refractivity (Wildman–Crippen MR) is 86.6 cm³/mol. The monoisotopic (exact) mass is 332 g/mol. The molecule has 6 nitrogen and oxygen atoms in total. The van der Waals surface area contributed by atoms with E-state index >= 15 is 0 Å². The number of ether oxygens (including phenoxy) is 2. The van der Waals surface area contributed by atoms with E-state index in [1.54, 1.807) is 6.07 Å². The maximum absolute atomic E-state index is 10.0. The number of aromatic hydroxyl groups is 4.